The van der Waals surface area contributed by atoms with E-state index in [4.69, 9.17) is 5.73 Å². The number of rotatable bonds is 4. The summed E-state index contributed by atoms with van der Waals surface area (Å²) in [5.74, 6) is 2.46. The Morgan fingerprint density at radius 1 is 1.20 bits per heavy atom. The molecule has 0 aromatic rings. The van der Waals surface area contributed by atoms with Crippen molar-refractivity contribution in [3.8, 4) is 0 Å². The van der Waals surface area contributed by atoms with Crippen molar-refractivity contribution in [3.63, 3.8) is 0 Å². The largest absolute Gasteiger partial charge is 0.325 e. The Morgan fingerprint density at radius 2 is 1.87 bits per heavy atom. The molecule has 0 spiro atoms. The van der Waals surface area contributed by atoms with Gasteiger partial charge in [-0.2, -0.15) is 0 Å². The highest BCUT2D eigenvalue weighted by Crippen LogP contribution is 2.37. The molecule has 0 heterocycles. The second kappa shape index (κ2) is 5.34. The van der Waals surface area contributed by atoms with E-state index in [0.29, 0.717) is 0 Å². The van der Waals surface area contributed by atoms with E-state index >= 15 is 0 Å². The zero-order valence-corrected chi connectivity index (χ0v) is 11.1. The van der Waals surface area contributed by atoms with E-state index in [-0.39, 0.29) is 5.54 Å². The van der Waals surface area contributed by atoms with Gasteiger partial charge in [-0.15, -0.1) is 0 Å². The van der Waals surface area contributed by atoms with Crippen molar-refractivity contribution >= 4 is 0 Å². The molecule has 1 aliphatic rings. The molecule has 0 bridgehead atoms. The van der Waals surface area contributed by atoms with Gasteiger partial charge in [-0.25, -0.2) is 0 Å². The van der Waals surface area contributed by atoms with E-state index in [1.54, 1.807) is 0 Å². The molecule has 1 saturated carbocycles. The standard InChI is InChI=1S/C14H29N/c1-11(2)8-13-6-5-7-14(15,10-13)9-12(3)4/h11-13H,5-10,15H2,1-4H3. The summed E-state index contributed by atoms with van der Waals surface area (Å²) in [5, 5.41) is 0. The zero-order valence-electron chi connectivity index (χ0n) is 11.1. The molecule has 90 valence electrons. The van der Waals surface area contributed by atoms with Gasteiger partial charge < -0.3 is 5.73 Å². The molecule has 2 unspecified atom stereocenters. The fourth-order valence-electron chi connectivity index (χ4n) is 3.39. The lowest BCUT2D eigenvalue weighted by atomic mass is 9.70. The quantitative estimate of drug-likeness (QED) is 0.748. The molecular formula is C14H29N. The molecule has 1 heteroatoms. The maximum absolute atomic E-state index is 6.53. The lowest BCUT2D eigenvalue weighted by molar-refractivity contribution is 0.177. The van der Waals surface area contributed by atoms with Gasteiger partial charge in [-0.05, 0) is 43.4 Å². The van der Waals surface area contributed by atoms with Gasteiger partial charge in [0.25, 0.3) is 0 Å². The minimum absolute atomic E-state index is 0.159. The molecule has 0 amide bonds. The average molecular weight is 211 g/mol. The topological polar surface area (TPSA) is 26.0 Å². The molecule has 0 aliphatic heterocycles. The van der Waals surface area contributed by atoms with E-state index in [2.05, 4.69) is 27.7 Å². The van der Waals surface area contributed by atoms with Gasteiger partial charge in [-0.1, -0.05) is 40.5 Å². The Balaban J connectivity index is 2.46. The van der Waals surface area contributed by atoms with Crippen LogP contribution in [0.5, 0.6) is 0 Å². The van der Waals surface area contributed by atoms with E-state index in [1.165, 1.54) is 38.5 Å². The van der Waals surface area contributed by atoms with Gasteiger partial charge in [-0.3, -0.25) is 0 Å². The second-order valence-electron chi connectivity index (χ2n) is 6.55. The van der Waals surface area contributed by atoms with E-state index < -0.39 is 0 Å². The second-order valence-corrected chi connectivity index (χ2v) is 6.55. The molecule has 1 aliphatic carbocycles. The van der Waals surface area contributed by atoms with Gasteiger partial charge in [0.2, 0.25) is 0 Å². The average Bonchev–Trinajstić information content (AvgIpc) is 1.99. The third-order valence-corrected chi connectivity index (χ3v) is 3.60. The summed E-state index contributed by atoms with van der Waals surface area (Å²) in [4.78, 5) is 0. The third kappa shape index (κ3) is 4.55. The Kier molecular flexibility index (Phi) is 4.64. The van der Waals surface area contributed by atoms with Crippen LogP contribution in [0.25, 0.3) is 0 Å². The number of hydrogen-bond donors (Lipinski definition) is 1. The van der Waals surface area contributed by atoms with Crippen molar-refractivity contribution in [1.29, 1.82) is 0 Å². The smallest absolute Gasteiger partial charge is 0.0159 e. The molecule has 15 heavy (non-hydrogen) atoms. The molecule has 0 saturated heterocycles. The normalized spacial score (nSPS) is 32.6. The summed E-state index contributed by atoms with van der Waals surface area (Å²) >= 11 is 0. The van der Waals surface area contributed by atoms with Crippen molar-refractivity contribution in [3.05, 3.63) is 0 Å². The van der Waals surface area contributed by atoms with Crippen LogP contribution in [0.4, 0.5) is 0 Å². The molecule has 0 radical (unpaired) electrons. The lowest BCUT2D eigenvalue weighted by Crippen LogP contribution is -2.45. The zero-order chi connectivity index (χ0) is 11.5. The van der Waals surface area contributed by atoms with Crippen LogP contribution < -0.4 is 5.73 Å². The van der Waals surface area contributed by atoms with Gasteiger partial charge in [0.05, 0.1) is 0 Å². The molecule has 2 N–H and O–H groups in total. The molecule has 1 fully saturated rings. The predicted molar refractivity (Wildman–Crippen MR) is 67.8 cm³/mol. The van der Waals surface area contributed by atoms with Crippen molar-refractivity contribution in [2.75, 3.05) is 0 Å². The third-order valence-electron chi connectivity index (χ3n) is 3.60. The Labute approximate surface area is 95.8 Å². The lowest BCUT2D eigenvalue weighted by Gasteiger charge is -2.40. The first-order valence-electron chi connectivity index (χ1n) is 6.70. The molecule has 1 rings (SSSR count). The van der Waals surface area contributed by atoms with Crippen LogP contribution in [-0.2, 0) is 0 Å². The minimum Gasteiger partial charge on any atom is -0.325 e. The summed E-state index contributed by atoms with van der Waals surface area (Å²) in [6, 6.07) is 0. The fraction of sp³-hybridized carbons (Fsp3) is 1.00. The van der Waals surface area contributed by atoms with Crippen LogP contribution in [0.1, 0.15) is 66.2 Å². The van der Waals surface area contributed by atoms with Crippen molar-refractivity contribution < 1.29 is 0 Å². The number of hydrogen-bond acceptors (Lipinski definition) is 1. The fourth-order valence-corrected chi connectivity index (χ4v) is 3.39. The highest BCUT2D eigenvalue weighted by atomic mass is 14.7. The monoisotopic (exact) mass is 211 g/mol. The highest BCUT2D eigenvalue weighted by Gasteiger charge is 2.33. The Morgan fingerprint density at radius 3 is 2.40 bits per heavy atom. The SMILES string of the molecule is CC(C)CC1CCCC(N)(CC(C)C)C1. The van der Waals surface area contributed by atoms with Crippen LogP contribution >= 0.6 is 0 Å². The summed E-state index contributed by atoms with van der Waals surface area (Å²) in [6.45, 7) is 9.24. The molecule has 1 nitrogen and oxygen atoms in total. The highest BCUT2D eigenvalue weighted by molar-refractivity contribution is 4.91. The van der Waals surface area contributed by atoms with E-state index in [1.807, 2.05) is 0 Å². The number of nitrogens with two attached hydrogens (primary N) is 1. The van der Waals surface area contributed by atoms with Gasteiger partial charge >= 0.3 is 0 Å². The van der Waals surface area contributed by atoms with Crippen molar-refractivity contribution in [2.45, 2.75) is 71.8 Å². The molecule has 0 aromatic carbocycles. The maximum Gasteiger partial charge on any atom is 0.0159 e. The van der Waals surface area contributed by atoms with E-state index in [0.717, 1.165) is 17.8 Å². The van der Waals surface area contributed by atoms with Gasteiger partial charge in [0, 0.05) is 5.54 Å². The first-order valence-corrected chi connectivity index (χ1v) is 6.70. The summed E-state index contributed by atoms with van der Waals surface area (Å²) in [7, 11) is 0. The summed E-state index contributed by atoms with van der Waals surface area (Å²) in [6.07, 6.45) is 7.86. The van der Waals surface area contributed by atoms with Crippen LogP contribution in [0.3, 0.4) is 0 Å². The summed E-state index contributed by atoms with van der Waals surface area (Å²) < 4.78 is 0. The predicted octanol–water partition coefficient (Wildman–Crippen LogP) is 3.97. The Bertz CT molecular complexity index is 186. The van der Waals surface area contributed by atoms with Gasteiger partial charge in [0.15, 0.2) is 0 Å². The molecule has 2 atom stereocenters. The van der Waals surface area contributed by atoms with Crippen molar-refractivity contribution in [1.82, 2.24) is 0 Å². The van der Waals surface area contributed by atoms with Crippen LogP contribution in [-0.4, -0.2) is 5.54 Å². The van der Waals surface area contributed by atoms with Crippen LogP contribution in [0.15, 0.2) is 0 Å². The molecular weight excluding hydrogens is 182 g/mol. The van der Waals surface area contributed by atoms with Crippen LogP contribution in [0.2, 0.25) is 0 Å². The first-order chi connectivity index (χ1) is 6.91. The van der Waals surface area contributed by atoms with Gasteiger partial charge in [0.1, 0.15) is 0 Å². The van der Waals surface area contributed by atoms with Crippen molar-refractivity contribution in [2.24, 2.45) is 23.5 Å². The first kappa shape index (κ1) is 13.0. The molecule has 0 aromatic heterocycles. The van der Waals surface area contributed by atoms with Crippen LogP contribution in [0, 0.1) is 17.8 Å². The summed E-state index contributed by atoms with van der Waals surface area (Å²) in [5.41, 5.74) is 6.68. The van der Waals surface area contributed by atoms with E-state index in [9.17, 15) is 0 Å². The maximum atomic E-state index is 6.53. The minimum atomic E-state index is 0.159. The Hall–Kier alpha value is -0.0400.